The van der Waals surface area contributed by atoms with Crippen LogP contribution in [0.4, 0.5) is 0 Å². The number of rotatable bonds is 10. The van der Waals surface area contributed by atoms with Crippen LogP contribution in [0.15, 0.2) is 11.4 Å². The van der Waals surface area contributed by atoms with Crippen molar-refractivity contribution in [2.75, 3.05) is 33.8 Å². The molecule has 3 saturated heterocycles. The summed E-state index contributed by atoms with van der Waals surface area (Å²) < 4.78 is 26.7. The molecule has 17 heteroatoms. The SMILES string of the molecule is Bn1cc(CCN(C)[C@H]2C[C@@H](C)O[C@@H](OC3[C@@H](C)C(=O)[C@@H](C)C(=O)O[C@H](CC)[C@@](C)(O)[C@H](O)[C@@H](C)/C(=N/O[C@@H]4CCNC4)[C@H](C)C[C@@]3(C)OC)[C@@H]2O)nn1. The molecule has 1 aromatic rings. The number of esters is 1. The maximum atomic E-state index is 14.3. The number of oxime groups is 1. The van der Waals surface area contributed by atoms with Gasteiger partial charge in [0.25, 0.3) is 7.98 Å². The summed E-state index contributed by atoms with van der Waals surface area (Å²) in [5, 5.41) is 51.4. The number of likely N-dealkylation sites (N-methyl/N-ethyl adjacent to an activating group) is 1. The van der Waals surface area contributed by atoms with Crippen LogP contribution in [0.1, 0.15) is 86.8 Å². The highest BCUT2D eigenvalue weighted by atomic mass is 16.7. The second kappa shape index (κ2) is 18.6. The molecule has 1 unspecified atom stereocenters. The van der Waals surface area contributed by atoms with Crippen LogP contribution in [0.25, 0.3) is 0 Å². The summed E-state index contributed by atoms with van der Waals surface area (Å²) in [7, 11) is 5.27. The third kappa shape index (κ3) is 10.1. The van der Waals surface area contributed by atoms with Gasteiger partial charge in [-0.25, -0.2) is 0 Å². The average molecular weight is 765 g/mol. The van der Waals surface area contributed by atoms with Gasteiger partial charge >= 0.3 is 5.97 Å². The van der Waals surface area contributed by atoms with Crippen LogP contribution in [0, 0.1) is 23.7 Å². The maximum Gasteiger partial charge on any atom is 0.316 e. The second-order valence-corrected chi connectivity index (χ2v) is 16.3. The summed E-state index contributed by atoms with van der Waals surface area (Å²) in [5.74, 6) is -4.67. The summed E-state index contributed by atoms with van der Waals surface area (Å²) >= 11 is 0. The normalized spacial score (nSPS) is 41.2. The molecule has 4 N–H and O–H groups in total. The predicted octanol–water partition coefficient (Wildman–Crippen LogP) is 0.489. The molecule has 0 saturated carbocycles. The van der Waals surface area contributed by atoms with Crippen LogP contribution >= 0.6 is 0 Å². The minimum atomic E-state index is -1.89. The minimum Gasteiger partial charge on any atom is -0.459 e. The summed E-state index contributed by atoms with van der Waals surface area (Å²) in [6, 6.07) is -0.344. The summed E-state index contributed by atoms with van der Waals surface area (Å²) in [5.41, 5.74) is -1.82. The van der Waals surface area contributed by atoms with E-state index in [9.17, 15) is 24.9 Å². The minimum absolute atomic E-state index is 0.172. The molecule has 14 atom stereocenters. The third-order valence-electron chi connectivity index (χ3n) is 11.9. The first-order valence-electron chi connectivity index (χ1n) is 19.5. The zero-order valence-corrected chi connectivity index (χ0v) is 34.1. The van der Waals surface area contributed by atoms with Crippen LogP contribution in [0.5, 0.6) is 0 Å². The smallest absolute Gasteiger partial charge is 0.316 e. The fourth-order valence-corrected chi connectivity index (χ4v) is 8.36. The van der Waals surface area contributed by atoms with Gasteiger partial charge < -0.3 is 53.9 Å². The molecule has 3 fully saturated rings. The molecule has 0 radical (unpaired) electrons. The number of aliphatic hydroxyl groups is 3. The molecule has 0 aromatic carbocycles. The lowest BCUT2D eigenvalue weighted by Gasteiger charge is -2.47. The number of Topliss-reactive ketones (excluding diaryl/α,β-unsaturated/α-hetero) is 1. The van der Waals surface area contributed by atoms with Gasteiger partial charge in [-0.3, -0.25) is 9.59 Å². The molecule has 0 bridgehead atoms. The van der Waals surface area contributed by atoms with Crippen molar-refractivity contribution in [1.82, 2.24) is 25.1 Å². The number of ether oxygens (including phenoxy) is 4. The standard InChI is InChI=1S/C37H65BN6O10/c1-11-28-37(8,49)32(47)22(4)29(41-54-26-12-14-39-18-26)20(2)17-36(7,50-10)33(23(5)30(45)24(6)34(48)52-28)53-35-31(46)27(16-21(3)51-35)43(9)15-13-25-19-44(38)42-40-25/h19-24,26-28,31-33,35,39,46-47,49H,11-18,38H2,1-10H3/b41-29+/t20-,21-,22+,23+,24-,26-,27+,28-,31-,32-,33?,35+,36-,37-/m1/s1. The molecular weight excluding hydrogens is 699 g/mol. The van der Waals surface area contributed by atoms with Crippen LogP contribution in [0.3, 0.4) is 0 Å². The van der Waals surface area contributed by atoms with Gasteiger partial charge in [0.1, 0.15) is 29.8 Å². The van der Waals surface area contributed by atoms with E-state index in [1.807, 2.05) is 42.0 Å². The first kappa shape index (κ1) is 44.2. The largest absolute Gasteiger partial charge is 0.459 e. The Morgan fingerprint density at radius 1 is 1.17 bits per heavy atom. The van der Waals surface area contributed by atoms with Gasteiger partial charge in [0, 0.05) is 63.0 Å². The lowest BCUT2D eigenvalue weighted by Crippen LogP contribution is -2.60. The number of carbonyl (C=O) groups excluding carboxylic acids is 2. The van der Waals surface area contributed by atoms with E-state index in [0.717, 1.165) is 18.7 Å². The number of ketones is 1. The van der Waals surface area contributed by atoms with Gasteiger partial charge in [-0.05, 0) is 60.5 Å². The molecule has 1 aromatic heterocycles. The van der Waals surface area contributed by atoms with Gasteiger partial charge in [0.15, 0.2) is 12.1 Å². The van der Waals surface area contributed by atoms with E-state index < -0.39 is 77.3 Å². The zero-order chi connectivity index (χ0) is 40.1. The van der Waals surface area contributed by atoms with Crippen molar-refractivity contribution in [3.63, 3.8) is 0 Å². The predicted molar refractivity (Wildman–Crippen MR) is 202 cm³/mol. The molecule has 3 aliphatic rings. The van der Waals surface area contributed by atoms with E-state index in [4.69, 9.17) is 23.8 Å². The van der Waals surface area contributed by atoms with Crippen LogP contribution in [-0.2, 0) is 39.8 Å². The van der Waals surface area contributed by atoms with Crippen molar-refractivity contribution >= 4 is 25.4 Å². The van der Waals surface area contributed by atoms with Gasteiger partial charge in [0.05, 0.1) is 35.3 Å². The highest BCUT2D eigenvalue weighted by molar-refractivity contribution is 6.05. The lowest BCUT2D eigenvalue weighted by molar-refractivity contribution is -0.295. The Labute approximate surface area is 321 Å². The Morgan fingerprint density at radius 3 is 2.46 bits per heavy atom. The molecule has 54 heavy (non-hydrogen) atoms. The molecule has 4 rings (SSSR count). The molecule has 306 valence electrons. The quantitative estimate of drug-likeness (QED) is 0.111. The molecule has 0 amide bonds. The topological polar surface area (TPSA) is 199 Å². The number of methoxy groups -OCH3 is 1. The van der Waals surface area contributed by atoms with E-state index >= 15 is 0 Å². The highest BCUT2D eigenvalue weighted by Crippen LogP contribution is 2.39. The first-order chi connectivity index (χ1) is 25.3. The van der Waals surface area contributed by atoms with E-state index in [0.29, 0.717) is 31.6 Å². The van der Waals surface area contributed by atoms with Crippen LogP contribution in [-0.4, -0.2) is 155 Å². The number of nitrogens with one attached hydrogen (secondary N) is 1. The number of aliphatic hydroxyl groups excluding tert-OH is 2. The van der Waals surface area contributed by atoms with Gasteiger partial charge in [-0.15, -0.1) is 5.10 Å². The number of cyclic esters (lactones) is 1. The van der Waals surface area contributed by atoms with Gasteiger partial charge in [-0.2, -0.15) is 0 Å². The van der Waals surface area contributed by atoms with Gasteiger partial charge in [-0.1, -0.05) is 38.1 Å². The van der Waals surface area contributed by atoms with E-state index in [1.54, 1.807) is 25.4 Å². The van der Waals surface area contributed by atoms with E-state index in [1.165, 1.54) is 21.0 Å². The molecule has 3 aliphatic heterocycles. The van der Waals surface area contributed by atoms with Crippen LogP contribution < -0.4 is 5.32 Å². The molecule has 4 heterocycles. The summed E-state index contributed by atoms with van der Waals surface area (Å²) in [4.78, 5) is 35.9. The summed E-state index contributed by atoms with van der Waals surface area (Å²) in [6.07, 6.45) is -2.09. The molecule has 0 spiro atoms. The fraction of sp³-hybridized carbons (Fsp3) is 0.865. The fourth-order valence-electron chi connectivity index (χ4n) is 8.36. The van der Waals surface area contributed by atoms with Crippen molar-refractivity contribution in [2.45, 2.75) is 148 Å². The lowest BCUT2D eigenvalue weighted by atomic mass is 9.74. The molecule has 0 aliphatic carbocycles. The van der Waals surface area contributed by atoms with Crippen molar-refractivity contribution in [3.8, 4) is 0 Å². The second-order valence-electron chi connectivity index (χ2n) is 16.3. The van der Waals surface area contributed by atoms with E-state index in [-0.39, 0.29) is 31.1 Å². The van der Waals surface area contributed by atoms with Gasteiger partial charge in [0.2, 0.25) is 0 Å². The number of hydrogen-bond acceptors (Lipinski definition) is 15. The third-order valence-corrected chi connectivity index (χ3v) is 11.9. The van der Waals surface area contributed by atoms with Crippen molar-refractivity contribution in [1.29, 1.82) is 0 Å². The summed E-state index contributed by atoms with van der Waals surface area (Å²) in [6.45, 7) is 15.7. The monoisotopic (exact) mass is 764 g/mol. The highest BCUT2D eigenvalue weighted by Gasteiger charge is 2.52. The number of nitrogens with zero attached hydrogens (tertiary/aromatic N) is 5. The maximum absolute atomic E-state index is 14.3. The van der Waals surface area contributed by atoms with Crippen molar-refractivity contribution in [2.24, 2.45) is 28.8 Å². The number of aromatic nitrogens is 3. The molecule has 16 nitrogen and oxygen atoms in total. The first-order valence-corrected chi connectivity index (χ1v) is 19.5. The average Bonchev–Trinajstić information content (AvgIpc) is 3.82. The Balaban J connectivity index is 1.72. The zero-order valence-electron chi connectivity index (χ0n) is 34.1. The Morgan fingerprint density at radius 2 is 1.87 bits per heavy atom. The van der Waals surface area contributed by atoms with Crippen LogP contribution in [0.2, 0.25) is 0 Å². The van der Waals surface area contributed by atoms with E-state index in [2.05, 4.69) is 25.7 Å². The Kier molecular flexibility index (Phi) is 15.2. The number of carbonyl (C=O) groups is 2. The van der Waals surface area contributed by atoms with Crippen molar-refractivity contribution in [3.05, 3.63) is 11.9 Å². The van der Waals surface area contributed by atoms with Crippen molar-refractivity contribution < 1.29 is 48.7 Å². The Hall–Kier alpha value is -2.51. The number of hydrogen-bond donors (Lipinski definition) is 4. The Bertz CT molecular complexity index is 1430. The molecular formula is C37H65BN6O10.